The van der Waals surface area contributed by atoms with E-state index in [2.05, 4.69) is 6.92 Å². The molecule has 5 heteroatoms. The van der Waals surface area contributed by atoms with Crippen molar-refractivity contribution in [2.24, 2.45) is 0 Å². The molecule has 22 heavy (non-hydrogen) atoms. The number of aliphatic carboxylic acids is 1. The third-order valence-electron chi connectivity index (χ3n) is 4.50. The van der Waals surface area contributed by atoms with E-state index in [4.69, 9.17) is 5.11 Å². The summed E-state index contributed by atoms with van der Waals surface area (Å²) in [5.41, 5.74) is 0. The molecule has 0 aromatic rings. The van der Waals surface area contributed by atoms with Crippen LogP contribution < -0.4 is 0 Å². The van der Waals surface area contributed by atoms with E-state index in [9.17, 15) is 15.0 Å². The number of hydrogen-bond donors (Lipinski definition) is 3. The Labute approximate surface area is 134 Å². The monoisotopic (exact) mass is 315 g/mol. The van der Waals surface area contributed by atoms with Gasteiger partial charge in [0.15, 0.2) is 0 Å². The van der Waals surface area contributed by atoms with Gasteiger partial charge in [-0.05, 0) is 6.42 Å². The van der Waals surface area contributed by atoms with Crippen molar-refractivity contribution in [3.63, 3.8) is 0 Å². The minimum atomic E-state index is -0.907. The first kappa shape index (κ1) is 19.4. The number of rotatable bonds is 12. The van der Waals surface area contributed by atoms with Gasteiger partial charge < -0.3 is 15.3 Å². The van der Waals surface area contributed by atoms with Gasteiger partial charge in [-0.1, -0.05) is 58.3 Å². The maximum Gasteiger partial charge on any atom is 0.321 e. The number of unbranched alkanes of at least 4 members (excludes halogenated alkanes) is 7. The van der Waals surface area contributed by atoms with E-state index in [1.807, 2.05) is 0 Å². The Morgan fingerprint density at radius 2 is 1.73 bits per heavy atom. The lowest BCUT2D eigenvalue weighted by molar-refractivity contribution is -0.142. The third kappa shape index (κ3) is 7.56. The first-order valence-electron chi connectivity index (χ1n) is 8.87. The zero-order valence-corrected chi connectivity index (χ0v) is 13.9. The molecule has 0 aromatic heterocycles. The minimum absolute atomic E-state index is 0.264. The van der Waals surface area contributed by atoms with Crippen LogP contribution in [-0.4, -0.2) is 57.5 Å². The molecule has 1 aliphatic rings. The number of carboxylic acid groups (broad SMARTS) is 1. The van der Waals surface area contributed by atoms with Gasteiger partial charge in [0.1, 0.15) is 6.04 Å². The Morgan fingerprint density at radius 3 is 2.32 bits per heavy atom. The second-order valence-electron chi connectivity index (χ2n) is 6.61. The van der Waals surface area contributed by atoms with Crippen molar-refractivity contribution < 1.29 is 20.1 Å². The summed E-state index contributed by atoms with van der Waals surface area (Å²) in [5, 5.41) is 28.7. The van der Waals surface area contributed by atoms with Gasteiger partial charge in [0.05, 0.1) is 12.2 Å². The van der Waals surface area contributed by atoms with E-state index >= 15 is 0 Å². The van der Waals surface area contributed by atoms with Crippen molar-refractivity contribution >= 4 is 5.97 Å². The van der Waals surface area contributed by atoms with E-state index in [0.29, 0.717) is 19.5 Å². The standard InChI is InChI=1S/C17H33NO4/c1-2-3-4-5-6-7-8-9-10-14(19)12-18-13-15(20)11-16(18)17(21)22/h14-16,19-20H,2-13H2,1H3,(H,21,22)/t14-,15+,16-/m0/s1. The first-order chi connectivity index (χ1) is 10.5. The van der Waals surface area contributed by atoms with Gasteiger partial charge in [-0.15, -0.1) is 0 Å². The number of β-amino-alcohol motifs (C(OH)–C–C–N with tert-alkyl or cyclic N) is 2. The van der Waals surface area contributed by atoms with Gasteiger partial charge in [-0.25, -0.2) is 0 Å². The molecule has 0 bridgehead atoms. The van der Waals surface area contributed by atoms with E-state index in [1.54, 1.807) is 4.90 Å². The summed E-state index contributed by atoms with van der Waals surface area (Å²) >= 11 is 0. The summed E-state index contributed by atoms with van der Waals surface area (Å²) in [6, 6.07) is -0.650. The summed E-state index contributed by atoms with van der Waals surface area (Å²) in [7, 11) is 0. The van der Waals surface area contributed by atoms with Crippen LogP contribution in [0.25, 0.3) is 0 Å². The van der Waals surface area contributed by atoms with Crippen LogP contribution in [-0.2, 0) is 4.79 Å². The number of nitrogens with zero attached hydrogens (tertiary/aromatic N) is 1. The predicted molar refractivity (Wildman–Crippen MR) is 86.9 cm³/mol. The molecule has 1 aliphatic heterocycles. The molecule has 1 heterocycles. The molecule has 3 N–H and O–H groups in total. The number of likely N-dealkylation sites (tertiary alicyclic amines) is 1. The van der Waals surface area contributed by atoms with Crippen LogP contribution in [0.15, 0.2) is 0 Å². The molecule has 1 saturated heterocycles. The number of carbonyl (C=O) groups is 1. The van der Waals surface area contributed by atoms with Crippen LogP contribution in [0.2, 0.25) is 0 Å². The zero-order chi connectivity index (χ0) is 16.4. The van der Waals surface area contributed by atoms with Crippen molar-refractivity contribution in [2.45, 2.75) is 89.4 Å². The zero-order valence-electron chi connectivity index (χ0n) is 13.9. The maximum absolute atomic E-state index is 11.1. The highest BCUT2D eigenvalue weighted by Gasteiger charge is 2.36. The Balaban J connectivity index is 2.08. The highest BCUT2D eigenvalue weighted by molar-refractivity contribution is 5.74. The van der Waals surface area contributed by atoms with Gasteiger partial charge in [0.2, 0.25) is 0 Å². The molecule has 1 fully saturated rings. The highest BCUT2D eigenvalue weighted by atomic mass is 16.4. The normalized spacial score (nSPS) is 23.8. The quantitative estimate of drug-likeness (QED) is 0.482. The van der Waals surface area contributed by atoms with E-state index in [1.165, 1.54) is 38.5 Å². The minimum Gasteiger partial charge on any atom is -0.480 e. The van der Waals surface area contributed by atoms with Crippen LogP contribution in [0.5, 0.6) is 0 Å². The SMILES string of the molecule is CCCCCCCCCC[C@H](O)CN1C[C@H](O)C[C@H]1C(=O)O. The lowest BCUT2D eigenvalue weighted by atomic mass is 10.1. The topological polar surface area (TPSA) is 81.0 Å². The van der Waals surface area contributed by atoms with E-state index in [0.717, 1.165) is 12.8 Å². The van der Waals surface area contributed by atoms with Crippen LogP contribution >= 0.6 is 0 Å². The molecule has 1 rings (SSSR count). The van der Waals surface area contributed by atoms with Gasteiger partial charge in [0.25, 0.3) is 0 Å². The smallest absolute Gasteiger partial charge is 0.321 e. The van der Waals surface area contributed by atoms with Crippen molar-refractivity contribution in [3.05, 3.63) is 0 Å². The average molecular weight is 315 g/mol. The van der Waals surface area contributed by atoms with Gasteiger partial charge in [0, 0.05) is 19.5 Å². The Bertz CT molecular complexity index is 311. The average Bonchev–Trinajstić information content (AvgIpc) is 2.82. The van der Waals surface area contributed by atoms with Crippen LogP contribution in [0, 0.1) is 0 Å². The first-order valence-corrected chi connectivity index (χ1v) is 8.87. The van der Waals surface area contributed by atoms with E-state index in [-0.39, 0.29) is 6.42 Å². The number of aliphatic hydroxyl groups excluding tert-OH is 2. The summed E-state index contributed by atoms with van der Waals surface area (Å²) < 4.78 is 0. The Morgan fingerprint density at radius 1 is 1.14 bits per heavy atom. The van der Waals surface area contributed by atoms with Gasteiger partial charge in [-0.3, -0.25) is 9.69 Å². The molecule has 0 spiro atoms. The number of carboxylic acids is 1. The van der Waals surface area contributed by atoms with Crippen molar-refractivity contribution in [1.29, 1.82) is 0 Å². The molecule has 130 valence electrons. The van der Waals surface area contributed by atoms with Crippen molar-refractivity contribution in [3.8, 4) is 0 Å². The fraction of sp³-hybridized carbons (Fsp3) is 0.941. The fourth-order valence-electron chi connectivity index (χ4n) is 3.21. The highest BCUT2D eigenvalue weighted by Crippen LogP contribution is 2.19. The molecule has 0 saturated carbocycles. The lowest BCUT2D eigenvalue weighted by Gasteiger charge is -2.23. The molecule has 5 nitrogen and oxygen atoms in total. The molecule has 0 radical (unpaired) electrons. The number of hydrogen-bond acceptors (Lipinski definition) is 4. The van der Waals surface area contributed by atoms with Gasteiger partial charge in [-0.2, -0.15) is 0 Å². The third-order valence-corrected chi connectivity index (χ3v) is 4.50. The van der Waals surface area contributed by atoms with Crippen molar-refractivity contribution in [2.75, 3.05) is 13.1 Å². The number of aliphatic hydroxyl groups is 2. The largest absolute Gasteiger partial charge is 0.480 e. The molecular weight excluding hydrogens is 282 g/mol. The second kappa shape index (κ2) is 11.0. The maximum atomic E-state index is 11.1. The summed E-state index contributed by atoms with van der Waals surface area (Å²) in [5.74, 6) is -0.907. The Hall–Kier alpha value is -0.650. The summed E-state index contributed by atoms with van der Waals surface area (Å²) in [4.78, 5) is 12.8. The van der Waals surface area contributed by atoms with Crippen LogP contribution in [0.4, 0.5) is 0 Å². The molecule has 0 unspecified atom stereocenters. The van der Waals surface area contributed by atoms with Crippen LogP contribution in [0.1, 0.15) is 71.1 Å². The summed E-state index contributed by atoms with van der Waals surface area (Å²) in [6.07, 6.45) is 9.75. The fourth-order valence-corrected chi connectivity index (χ4v) is 3.21. The van der Waals surface area contributed by atoms with Gasteiger partial charge >= 0.3 is 5.97 Å². The van der Waals surface area contributed by atoms with E-state index < -0.39 is 24.2 Å². The molecule has 0 amide bonds. The molecule has 3 atom stereocenters. The lowest BCUT2D eigenvalue weighted by Crippen LogP contribution is -2.40. The molecular formula is C17H33NO4. The summed E-state index contributed by atoms with van der Waals surface area (Å²) in [6.45, 7) is 2.92. The van der Waals surface area contributed by atoms with Crippen molar-refractivity contribution in [1.82, 2.24) is 4.90 Å². The predicted octanol–water partition coefficient (Wildman–Crippen LogP) is 2.40. The molecule has 0 aliphatic carbocycles. The van der Waals surface area contributed by atoms with Crippen LogP contribution in [0.3, 0.4) is 0 Å². The molecule has 0 aromatic carbocycles. The second-order valence-corrected chi connectivity index (χ2v) is 6.61. The Kier molecular flexibility index (Phi) is 9.68.